The first kappa shape index (κ1) is 16.8. The van der Waals surface area contributed by atoms with Crippen molar-refractivity contribution in [1.82, 2.24) is 10.3 Å². The molecule has 1 aromatic heterocycles. The highest BCUT2D eigenvalue weighted by Crippen LogP contribution is 2.39. The summed E-state index contributed by atoms with van der Waals surface area (Å²) in [6.07, 6.45) is 8.39. The van der Waals surface area contributed by atoms with Gasteiger partial charge in [-0.05, 0) is 37.3 Å². The van der Waals surface area contributed by atoms with Crippen molar-refractivity contribution in [2.75, 3.05) is 12.3 Å². The fraction of sp³-hybridized carbons (Fsp3) is 0.500. The molecule has 0 saturated carbocycles. The Bertz CT molecular complexity index is 635. The summed E-state index contributed by atoms with van der Waals surface area (Å²) in [5.74, 6) is 1.49. The maximum absolute atomic E-state index is 11.9. The number of carbonyl (C=O) groups is 1. The normalized spacial score (nSPS) is 17.7. The molecule has 0 unspecified atom stereocenters. The van der Waals surface area contributed by atoms with E-state index in [0.29, 0.717) is 6.42 Å². The summed E-state index contributed by atoms with van der Waals surface area (Å²) in [5, 5.41) is 5.13. The van der Waals surface area contributed by atoms with Crippen LogP contribution in [0.15, 0.2) is 30.5 Å². The fourth-order valence-corrected chi connectivity index (χ4v) is 6.01. The molecule has 3 nitrogen and oxygen atoms in total. The number of aromatic amines is 1. The molecule has 1 aliphatic rings. The molecular formula is C18H24N2OS2. The van der Waals surface area contributed by atoms with Crippen molar-refractivity contribution in [3.8, 4) is 0 Å². The van der Waals surface area contributed by atoms with E-state index in [1.807, 2.05) is 33.9 Å². The molecule has 1 saturated heterocycles. The highest BCUT2D eigenvalue weighted by Gasteiger charge is 2.15. The lowest BCUT2D eigenvalue weighted by atomic mass is 10.1. The van der Waals surface area contributed by atoms with Crippen LogP contribution < -0.4 is 5.32 Å². The van der Waals surface area contributed by atoms with Gasteiger partial charge in [0.1, 0.15) is 0 Å². The Morgan fingerprint density at radius 2 is 2.22 bits per heavy atom. The molecule has 23 heavy (non-hydrogen) atoms. The number of aromatic nitrogens is 1. The topological polar surface area (TPSA) is 44.9 Å². The second kappa shape index (κ2) is 8.69. The van der Waals surface area contributed by atoms with Gasteiger partial charge in [-0.2, -0.15) is 0 Å². The Balaban J connectivity index is 1.31. The zero-order valence-electron chi connectivity index (χ0n) is 13.3. The minimum atomic E-state index is 0.193. The van der Waals surface area contributed by atoms with E-state index in [1.165, 1.54) is 36.0 Å². The number of hydrogen-bond acceptors (Lipinski definition) is 3. The third-order valence-corrected chi connectivity index (χ3v) is 7.31. The van der Waals surface area contributed by atoms with Gasteiger partial charge in [0.25, 0.3) is 0 Å². The lowest BCUT2D eigenvalue weighted by Crippen LogP contribution is -2.25. The molecule has 0 aliphatic carbocycles. The Kier molecular flexibility index (Phi) is 6.34. The number of H-pyrrole nitrogens is 1. The third-order valence-electron chi connectivity index (χ3n) is 4.30. The van der Waals surface area contributed by atoms with E-state index < -0.39 is 0 Å². The molecule has 1 amide bonds. The summed E-state index contributed by atoms with van der Waals surface area (Å²) in [6.45, 7) is 0.718. The molecule has 2 N–H and O–H groups in total. The molecule has 1 aromatic carbocycles. The van der Waals surface area contributed by atoms with E-state index in [0.717, 1.165) is 30.2 Å². The number of nitrogens with one attached hydrogen (secondary N) is 2. The highest BCUT2D eigenvalue weighted by atomic mass is 33.1. The Morgan fingerprint density at radius 1 is 1.30 bits per heavy atom. The largest absolute Gasteiger partial charge is 0.361 e. The van der Waals surface area contributed by atoms with Gasteiger partial charge in [0.2, 0.25) is 5.91 Å². The Hall–Kier alpha value is -1.07. The van der Waals surface area contributed by atoms with Gasteiger partial charge in [-0.3, -0.25) is 4.79 Å². The first-order chi connectivity index (χ1) is 11.3. The van der Waals surface area contributed by atoms with Crippen LogP contribution in [0.5, 0.6) is 0 Å². The highest BCUT2D eigenvalue weighted by molar-refractivity contribution is 8.77. The van der Waals surface area contributed by atoms with Gasteiger partial charge in [-0.15, -0.1) is 0 Å². The predicted molar refractivity (Wildman–Crippen MR) is 102 cm³/mol. The zero-order chi connectivity index (χ0) is 15.9. The predicted octanol–water partition coefficient (Wildman–Crippen LogP) is 4.54. The molecular weight excluding hydrogens is 324 g/mol. The standard InChI is InChI=1S/C18H24N2OS2/c21-18(8-4-1-5-15-10-12-22-23-15)19-11-9-14-13-20-17-7-3-2-6-16(14)17/h2-3,6-7,13,15,20H,1,4-5,8-12H2,(H,19,21)/t15-/m0/s1. The van der Waals surface area contributed by atoms with Gasteiger partial charge in [0.05, 0.1) is 0 Å². The van der Waals surface area contributed by atoms with Gasteiger partial charge in [0, 0.05) is 41.1 Å². The number of rotatable bonds is 8. The molecule has 2 aromatic rings. The Morgan fingerprint density at radius 3 is 3.09 bits per heavy atom. The van der Waals surface area contributed by atoms with Crippen LogP contribution in [0.1, 0.15) is 37.7 Å². The number of amides is 1. The molecule has 0 radical (unpaired) electrons. The molecule has 3 rings (SSSR count). The fourth-order valence-electron chi connectivity index (χ4n) is 2.99. The smallest absolute Gasteiger partial charge is 0.220 e. The zero-order valence-corrected chi connectivity index (χ0v) is 15.0. The van der Waals surface area contributed by atoms with Crippen molar-refractivity contribution in [1.29, 1.82) is 0 Å². The van der Waals surface area contributed by atoms with Gasteiger partial charge < -0.3 is 10.3 Å². The molecule has 1 fully saturated rings. The van der Waals surface area contributed by atoms with Gasteiger partial charge in [-0.1, -0.05) is 46.2 Å². The first-order valence-corrected chi connectivity index (χ1v) is 10.8. The van der Waals surface area contributed by atoms with Crippen molar-refractivity contribution in [2.45, 2.75) is 43.8 Å². The van der Waals surface area contributed by atoms with Crippen molar-refractivity contribution in [2.24, 2.45) is 0 Å². The molecule has 124 valence electrons. The molecule has 0 spiro atoms. The summed E-state index contributed by atoms with van der Waals surface area (Å²) >= 11 is 0. The van der Waals surface area contributed by atoms with Gasteiger partial charge in [-0.25, -0.2) is 0 Å². The number of hydrogen-bond donors (Lipinski definition) is 2. The second-order valence-corrected chi connectivity index (χ2v) is 8.82. The molecule has 5 heteroatoms. The van der Waals surface area contributed by atoms with Crippen LogP contribution in [0.25, 0.3) is 10.9 Å². The maximum Gasteiger partial charge on any atom is 0.220 e. The lowest BCUT2D eigenvalue weighted by molar-refractivity contribution is -0.121. The van der Waals surface area contributed by atoms with E-state index in [4.69, 9.17) is 0 Å². The third kappa shape index (κ3) is 4.95. The summed E-state index contributed by atoms with van der Waals surface area (Å²) in [6, 6.07) is 8.30. The van der Waals surface area contributed by atoms with Crippen molar-refractivity contribution < 1.29 is 4.79 Å². The van der Waals surface area contributed by atoms with Crippen LogP contribution in [0.4, 0.5) is 0 Å². The van der Waals surface area contributed by atoms with E-state index in [-0.39, 0.29) is 5.91 Å². The average Bonchev–Trinajstić information content (AvgIpc) is 3.22. The summed E-state index contributed by atoms with van der Waals surface area (Å²) in [4.78, 5) is 15.2. The van der Waals surface area contributed by atoms with Crippen LogP contribution in [0, 0.1) is 0 Å². The lowest BCUT2D eigenvalue weighted by Gasteiger charge is -2.07. The minimum absolute atomic E-state index is 0.193. The van der Waals surface area contributed by atoms with Crippen molar-refractivity contribution in [3.05, 3.63) is 36.0 Å². The summed E-state index contributed by atoms with van der Waals surface area (Å²) in [5.41, 5.74) is 2.44. The van der Waals surface area contributed by atoms with Crippen LogP contribution in [0.2, 0.25) is 0 Å². The van der Waals surface area contributed by atoms with Crippen LogP contribution >= 0.6 is 21.6 Å². The Labute approximate surface area is 145 Å². The van der Waals surface area contributed by atoms with E-state index in [1.54, 1.807) is 0 Å². The molecule has 2 heterocycles. The second-order valence-electron chi connectivity index (χ2n) is 6.03. The van der Waals surface area contributed by atoms with Crippen molar-refractivity contribution >= 4 is 38.4 Å². The quantitative estimate of drug-likeness (QED) is 0.544. The van der Waals surface area contributed by atoms with Gasteiger partial charge >= 0.3 is 0 Å². The first-order valence-electron chi connectivity index (χ1n) is 8.43. The van der Waals surface area contributed by atoms with E-state index in [2.05, 4.69) is 28.5 Å². The van der Waals surface area contributed by atoms with E-state index in [9.17, 15) is 4.79 Å². The van der Waals surface area contributed by atoms with Crippen molar-refractivity contribution in [3.63, 3.8) is 0 Å². The number of fused-ring (bicyclic) bond motifs is 1. The monoisotopic (exact) mass is 348 g/mol. The summed E-state index contributed by atoms with van der Waals surface area (Å²) < 4.78 is 0. The number of benzene rings is 1. The maximum atomic E-state index is 11.9. The molecule has 0 bridgehead atoms. The van der Waals surface area contributed by atoms with Crippen LogP contribution in [-0.4, -0.2) is 28.4 Å². The summed E-state index contributed by atoms with van der Waals surface area (Å²) in [7, 11) is 4.02. The average molecular weight is 349 g/mol. The number of unbranched alkanes of at least 4 members (excludes halogenated alkanes) is 1. The van der Waals surface area contributed by atoms with Gasteiger partial charge in [0.15, 0.2) is 0 Å². The number of carbonyl (C=O) groups excluding carboxylic acids is 1. The SMILES string of the molecule is O=C(CCCC[C@H]1CCSS1)NCCc1c[nH]c2ccccc12. The van der Waals surface area contributed by atoms with Crippen LogP contribution in [-0.2, 0) is 11.2 Å². The molecule has 1 aliphatic heterocycles. The van der Waals surface area contributed by atoms with Crippen LogP contribution in [0.3, 0.4) is 0 Å². The number of para-hydroxylation sites is 1. The molecule has 1 atom stereocenters. The van der Waals surface area contributed by atoms with E-state index >= 15 is 0 Å². The minimum Gasteiger partial charge on any atom is -0.361 e.